The van der Waals surface area contributed by atoms with Gasteiger partial charge in [0.1, 0.15) is 5.75 Å². The number of sulfonamides is 1. The van der Waals surface area contributed by atoms with E-state index in [1.54, 1.807) is 38.1 Å². The van der Waals surface area contributed by atoms with Gasteiger partial charge in [0.15, 0.2) is 6.10 Å². The summed E-state index contributed by atoms with van der Waals surface area (Å²) in [5.74, 6) is -0.627. The monoisotopic (exact) mass is 448 g/mol. The number of ether oxygens (including phenoxy) is 2. The molecule has 1 amide bonds. The van der Waals surface area contributed by atoms with Gasteiger partial charge in [0.2, 0.25) is 10.0 Å². The Morgan fingerprint density at radius 3 is 2.29 bits per heavy atom. The maximum Gasteiger partial charge on any atom is 0.338 e. The minimum atomic E-state index is -3.75. The fourth-order valence-electron chi connectivity index (χ4n) is 2.55. The molecule has 31 heavy (non-hydrogen) atoms. The second kappa shape index (κ2) is 10.4. The quantitative estimate of drug-likeness (QED) is 0.591. The number of amides is 1. The number of rotatable bonds is 9. The van der Waals surface area contributed by atoms with Crippen LogP contribution in [0.4, 0.5) is 5.69 Å². The lowest BCUT2D eigenvalue weighted by Gasteiger charge is -2.21. The van der Waals surface area contributed by atoms with Gasteiger partial charge in [0.05, 0.1) is 17.1 Å². The first kappa shape index (κ1) is 24.4. The zero-order valence-electron chi connectivity index (χ0n) is 18.3. The van der Waals surface area contributed by atoms with E-state index in [0.29, 0.717) is 18.0 Å². The minimum absolute atomic E-state index is 0.0235. The number of hydrogen-bond acceptors (Lipinski definition) is 6. The molecule has 8 nitrogen and oxygen atoms in total. The molecule has 0 bridgehead atoms. The van der Waals surface area contributed by atoms with E-state index in [-0.39, 0.29) is 16.5 Å². The van der Waals surface area contributed by atoms with Crippen LogP contribution in [0.1, 0.15) is 38.1 Å². The van der Waals surface area contributed by atoms with Crippen LogP contribution in [-0.4, -0.2) is 50.4 Å². The molecule has 2 rings (SSSR count). The van der Waals surface area contributed by atoms with E-state index in [0.717, 1.165) is 0 Å². The molecule has 0 saturated carbocycles. The molecule has 2 aromatic carbocycles. The van der Waals surface area contributed by atoms with E-state index in [2.05, 4.69) is 5.32 Å². The summed E-state index contributed by atoms with van der Waals surface area (Å²) in [5.41, 5.74) is 0.570. The van der Waals surface area contributed by atoms with Crippen LogP contribution < -0.4 is 10.1 Å². The van der Waals surface area contributed by atoms with E-state index < -0.39 is 28.0 Å². The van der Waals surface area contributed by atoms with E-state index >= 15 is 0 Å². The predicted octanol–water partition coefficient (Wildman–Crippen LogP) is 3.30. The molecule has 0 fully saturated rings. The number of carbonyl (C=O) groups excluding carboxylic acids is 2. The third kappa shape index (κ3) is 6.28. The van der Waals surface area contributed by atoms with Crippen LogP contribution >= 0.6 is 0 Å². The molecule has 0 spiro atoms. The molecule has 9 heteroatoms. The summed E-state index contributed by atoms with van der Waals surface area (Å²) in [7, 11) is -2.28. The van der Waals surface area contributed by atoms with Crippen LogP contribution in [0.2, 0.25) is 0 Å². The van der Waals surface area contributed by atoms with Crippen molar-refractivity contribution >= 4 is 27.6 Å². The molecule has 0 aliphatic rings. The van der Waals surface area contributed by atoms with Gasteiger partial charge in [0.25, 0.3) is 5.91 Å². The summed E-state index contributed by atoms with van der Waals surface area (Å²) in [6.07, 6.45) is -1.09. The van der Waals surface area contributed by atoms with Gasteiger partial charge in [-0.1, -0.05) is 6.07 Å². The average Bonchev–Trinajstić information content (AvgIpc) is 2.74. The number of nitrogens with one attached hydrogen (secondary N) is 1. The molecule has 0 aliphatic heterocycles. The number of esters is 1. The van der Waals surface area contributed by atoms with Crippen LogP contribution in [-0.2, 0) is 19.6 Å². The summed E-state index contributed by atoms with van der Waals surface area (Å²) < 4.78 is 37.1. The van der Waals surface area contributed by atoms with Crippen LogP contribution in [0.15, 0.2) is 53.4 Å². The van der Waals surface area contributed by atoms with Gasteiger partial charge in [-0.15, -0.1) is 0 Å². The van der Waals surface area contributed by atoms with E-state index in [4.69, 9.17) is 9.47 Å². The standard InChI is InChI=1S/C22H28N2O6S/c1-6-29-19-12-10-18(11-13-19)23-21(25)16(4)30-22(26)17-8-7-9-20(14-17)31(27,28)24(5)15(2)3/h7-16H,6H2,1-5H3,(H,23,25). The largest absolute Gasteiger partial charge is 0.494 e. The Hall–Kier alpha value is -2.91. The number of nitrogens with zero attached hydrogens (tertiary/aromatic N) is 1. The molecular weight excluding hydrogens is 420 g/mol. The SMILES string of the molecule is CCOc1ccc(NC(=O)C(C)OC(=O)c2cccc(S(=O)(=O)N(C)C(C)C)c2)cc1. The highest BCUT2D eigenvalue weighted by Gasteiger charge is 2.25. The molecule has 2 aromatic rings. The summed E-state index contributed by atoms with van der Waals surface area (Å²) in [5, 5.41) is 2.66. The van der Waals surface area contributed by atoms with Crippen LogP contribution in [0.25, 0.3) is 0 Å². The Balaban J connectivity index is 2.06. The fraction of sp³-hybridized carbons (Fsp3) is 0.364. The van der Waals surface area contributed by atoms with Crippen molar-refractivity contribution in [3.8, 4) is 5.75 Å². The van der Waals surface area contributed by atoms with Crippen molar-refractivity contribution in [2.45, 2.75) is 44.7 Å². The lowest BCUT2D eigenvalue weighted by atomic mass is 10.2. The molecule has 0 aliphatic carbocycles. The van der Waals surface area contributed by atoms with E-state index in [9.17, 15) is 18.0 Å². The lowest BCUT2D eigenvalue weighted by Crippen LogP contribution is -2.33. The van der Waals surface area contributed by atoms with E-state index in [1.165, 1.54) is 42.5 Å². The first-order valence-corrected chi connectivity index (χ1v) is 11.3. The van der Waals surface area contributed by atoms with Gasteiger partial charge in [-0.2, -0.15) is 4.31 Å². The molecule has 1 N–H and O–H groups in total. The maximum absolute atomic E-state index is 12.6. The Labute approximate surface area is 183 Å². The minimum Gasteiger partial charge on any atom is -0.494 e. The Kier molecular flexibility index (Phi) is 8.18. The van der Waals surface area contributed by atoms with Gasteiger partial charge in [0, 0.05) is 18.8 Å². The predicted molar refractivity (Wildman–Crippen MR) is 118 cm³/mol. The van der Waals surface area contributed by atoms with Gasteiger partial charge >= 0.3 is 5.97 Å². The molecule has 0 saturated heterocycles. The highest BCUT2D eigenvalue weighted by Crippen LogP contribution is 2.19. The second-order valence-electron chi connectivity index (χ2n) is 7.14. The smallest absolute Gasteiger partial charge is 0.338 e. The van der Waals surface area contributed by atoms with Crippen molar-refractivity contribution < 1.29 is 27.5 Å². The molecule has 0 aromatic heterocycles. The highest BCUT2D eigenvalue weighted by atomic mass is 32.2. The van der Waals surface area contributed by atoms with Crippen LogP contribution in [0, 0.1) is 0 Å². The van der Waals surface area contributed by atoms with Crippen molar-refractivity contribution in [2.75, 3.05) is 19.0 Å². The Bertz CT molecular complexity index is 1020. The van der Waals surface area contributed by atoms with Crippen molar-refractivity contribution in [1.29, 1.82) is 0 Å². The topological polar surface area (TPSA) is 102 Å². The summed E-state index contributed by atoms with van der Waals surface area (Å²) in [6, 6.07) is 12.1. The molecule has 0 radical (unpaired) electrons. The molecular formula is C22H28N2O6S. The Morgan fingerprint density at radius 2 is 1.71 bits per heavy atom. The van der Waals surface area contributed by atoms with Gasteiger partial charge < -0.3 is 14.8 Å². The van der Waals surface area contributed by atoms with Crippen LogP contribution in [0.5, 0.6) is 5.75 Å². The lowest BCUT2D eigenvalue weighted by molar-refractivity contribution is -0.123. The summed E-state index contributed by atoms with van der Waals surface area (Å²) >= 11 is 0. The fourth-order valence-corrected chi connectivity index (χ4v) is 3.97. The van der Waals surface area contributed by atoms with Crippen molar-refractivity contribution in [3.63, 3.8) is 0 Å². The molecule has 0 heterocycles. The third-order valence-electron chi connectivity index (χ3n) is 4.56. The zero-order valence-corrected chi connectivity index (χ0v) is 19.1. The Morgan fingerprint density at radius 1 is 1.06 bits per heavy atom. The number of carbonyl (C=O) groups is 2. The van der Waals surface area contributed by atoms with Crippen molar-refractivity contribution in [1.82, 2.24) is 4.31 Å². The van der Waals surface area contributed by atoms with Gasteiger partial charge in [-0.3, -0.25) is 4.79 Å². The zero-order chi connectivity index (χ0) is 23.2. The first-order chi connectivity index (χ1) is 14.6. The van der Waals surface area contributed by atoms with Crippen molar-refractivity contribution in [2.24, 2.45) is 0 Å². The number of benzene rings is 2. The van der Waals surface area contributed by atoms with E-state index in [1.807, 2.05) is 6.92 Å². The summed E-state index contributed by atoms with van der Waals surface area (Å²) in [6.45, 7) is 7.35. The molecule has 1 unspecified atom stereocenters. The second-order valence-corrected chi connectivity index (χ2v) is 9.13. The molecule has 1 atom stereocenters. The third-order valence-corrected chi connectivity index (χ3v) is 6.59. The van der Waals surface area contributed by atoms with Crippen molar-refractivity contribution in [3.05, 3.63) is 54.1 Å². The summed E-state index contributed by atoms with van der Waals surface area (Å²) in [4.78, 5) is 24.8. The highest BCUT2D eigenvalue weighted by molar-refractivity contribution is 7.89. The van der Waals surface area contributed by atoms with Gasteiger partial charge in [-0.05, 0) is 70.2 Å². The number of hydrogen-bond donors (Lipinski definition) is 1. The first-order valence-electron chi connectivity index (χ1n) is 9.89. The van der Waals surface area contributed by atoms with Crippen LogP contribution in [0.3, 0.4) is 0 Å². The maximum atomic E-state index is 12.6. The molecule has 168 valence electrons. The normalized spacial score (nSPS) is 12.5. The average molecular weight is 449 g/mol. The number of anilines is 1. The van der Waals surface area contributed by atoms with Gasteiger partial charge in [-0.25, -0.2) is 13.2 Å².